The van der Waals surface area contributed by atoms with E-state index in [1.165, 1.54) is 30.7 Å². The number of rotatable bonds is 11. The molecular weight excluding hydrogens is 909 g/mol. The van der Waals surface area contributed by atoms with Crippen molar-refractivity contribution in [2.45, 2.75) is 167 Å². The third-order valence-corrected chi connectivity index (χ3v) is 14.5. The van der Waals surface area contributed by atoms with Gasteiger partial charge in [0, 0.05) is 43.0 Å². The number of likely N-dealkylation sites (N-methyl/N-ethyl adjacent to an activating group) is 2. The molecule has 20 heteroatoms. The Morgan fingerprint density at radius 2 is 1.67 bits per heavy atom. The van der Waals surface area contributed by atoms with Crippen molar-refractivity contribution in [3.8, 4) is 0 Å². The number of likely N-dealkylation sites (tertiary alicyclic amines) is 1. The first-order valence-corrected chi connectivity index (χ1v) is 23.8. The van der Waals surface area contributed by atoms with Gasteiger partial charge in [0.1, 0.15) is 47.3 Å². The standard InChI is InChI=1S/C46H65Cl2F4N7O7/c1-8-31(54-37(61)35-22-29(49)23-59(35)42(66)45(46(50,51)52)24-44(25-45)16-12-17-44)40(64)58(9-2)33-13-10-11-18-53-41(65)43(5,6)56-38(62)34(21-27-20-28(47)14-15-30(27)48)57(7)39(63)32(19-26(3)4)55-36(33)60/h14-15,20,26,29,31-35H,8-13,16-19,21-25H2,1-7H3,(H,53,65)(H,54,61)(H,55,60)(H,56,62)/t29-,31+,32+,33+,34+,35+/m1/s1. The summed E-state index contributed by atoms with van der Waals surface area (Å²) in [6.45, 7) is 9.31. The first-order chi connectivity index (χ1) is 30.8. The van der Waals surface area contributed by atoms with Crippen LogP contribution in [0.15, 0.2) is 18.2 Å². The molecule has 2 aliphatic carbocycles. The molecule has 2 aliphatic heterocycles. The molecule has 14 nitrogen and oxygen atoms in total. The van der Waals surface area contributed by atoms with Crippen LogP contribution in [0.25, 0.3) is 0 Å². The molecule has 7 amide bonds. The molecule has 0 bridgehead atoms. The summed E-state index contributed by atoms with van der Waals surface area (Å²) in [4.78, 5) is 102. The van der Waals surface area contributed by atoms with Crippen LogP contribution in [-0.2, 0) is 40.0 Å². The molecule has 6 atom stereocenters. The number of nitrogens with one attached hydrogen (secondary N) is 4. The number of carbonyl (C=O) groups is 7. The van der Waals surface area contributed by atoms with E-state index < -0.39 is 126 Å². The molecule has 0 unspecified atom stereocenters. The topological polar surface area (TPSA) is 177 Å². The lowest BCUT2D eigenvalue weighted by atomic mass is 9.44. The van der Waals surface area contributed by atoms with Gasteiger partial charge in [0.25, 0.3) is 0 Å². The molecule has 4 aliphatic rings. The van der Waals surface area contributed by atoms with Crippen LogP contribution in [0.4, 0.5) is 17.6 Å². The Morgan fingerprint density at radius 1 is 1.00 bits per heavy atom. The molecule has 0 radical (unpaired) electrons. The van der Waals surface area contributed by atoms with E-state index in [1.54, 1.807) is 32.0 Å². The molecule has 4 fully saturated rings. The first kappa shape index (κ1) is 52.8. The van der Waals surface area contributed by atoms with Crippen molar-refractivity contribution in [1.82, 2.24) is 36.0 Å². The Morgan fingerprint density at radius 3 is 2.24 bits per heavy atom. The summed E-state index contributed by atoms with van der Waals surface area (Å²) in [5.74, 6) is -5.73. The minimum absolute atomic E-state index is 0.0364. The van der Waals surface area contributed by atoms with Gasteiger partial charge in [-0.15, -0.1) is 0 Å². The summed E-state index contributed by atoms with van der Waals surface area (Å²) in [7, 11) is 1.40. The Hall–Kier alpha value is -4.19. The van der Waals surface area contributed by atoms with Gasteiger partial charge in [-0.05, 0) is 114 Å². The normalized spacial score (nSPS) is 26.4. The highest BCUT2D eigenvalue weighted by Gasteiger charge is 2.73. The molecule has 368 valence electrons. The third kappa shape index (κ3) is 11.4. The van der Waals surface area contributed by atoms with Crippen molar-refractivity contribution in [2.75, 3.05) is 26.7 Å². The molecule has 4 N–H and O–H groups in total. The fourth-order valence-electron chi connectivity index (χ4n) is 10.0. The fourth-order valence-corrected chi connectivity index (χ4v) is 10.4. The number of halogens is 6. The highest BCUT2D eigenvalue weighted by molar-refractivity contribution is 6.33. The zero-order valence-electron chi connectivity index (χ0n) is 38.8. The molecule has 2 saturated carbocycles. The molecule has 2 saturated heterocycles. The minimum Gasteiger partial charge on any atom is -0.354 e. The molecule has 0 aromatic heterocycles. The van der Waals surface area contributed by atoms with Crippen molar-refractivity contribution in [2.24, 2.45) is 16.7 Å². The van der Waals surface area contributed by atoms with Gasteiger partial charge in [-0.2, -0.15) is 13.2 Å². The first-order valence-electron chi connectivity index (χ1n) is 23.0. The zero-order valence-corrected chi connectivity index (χ0v) is 40.4. The van der Waals surface area contributed by atoms with E-state index in [4.69, 9.17) is 23.2 Å². The predicted molar refractivity (Wildman–Crippen MR) is 240 cm³/mol. The van der Waals surface area contributed by atoms with Crippen molar-refractivity contribution >= 4 is 64.6 Å². The highest BCUT2D eigenvalue weighted by atomic mass is 35.5. The van der Waals surface area contributed by atoms with Crippen molar-refractivity contribution in [3.05, 3.63) is 33.8 Å². The maximum Gasteiger partial charge on any atom is 0.403 e. The molecule has 1 spiro atoms. The monoisotopic (exact) mass is 973 g/mol. The lowest BCUT2D eigenvalue weighted by molar-refractivity contribution is -0.285. The Labute approximate surface area is 394 Å². The quantitative estimate of drug-likeness (QED) is 0.207. The summed E-state index contributed by atoms with van der Waals surface area (Å²) < 4.78 is 59.0. The summed E-state index contributed by atoms with van der Waals surface area (Å²) in [5, 5.41) is 11.6. The molecule has 5 rings (SSSR count). The summed E-state index contributed by atoms with van der Waals surface area (Å²) in [6.07, 6.45) is -5.48. The van der Waals surface area contributed by atoms with Gasteiger partial charge in [-0.25, -0.2) is 4.39 Å². The van der Waals surface area contributed by atoms with Crippen LogP contribution in [-0.4, -0.2) is 131 Å². The number of amides is 7. The second-order valence-corrected chi connectivity index (χ2v) is 20.5. The van der Waals surface area contributed by atoms with Crippen LogP contribution >= 0.6 is 23.2 Å². The van der Waals surface area contributed by atoms with Crippen LogP contribution in [0, 0.1) is 16.7 Å². The summed E-state index contributed by atoms with van der Waals surface area (Å²) >= 11 is 12.8. The average molecular weight is 975 g/mol. The number of hydrogen-bond donors (Lipinski definition) is 4. The van der Waals surface area contributed by atoms with E-state index in [0.29, 0.717) is 41.2 Å². The van der Waals surface area contributed by atoms with Gasteiger partial charge >= 0.3 is 6.18 Å². The highest BCUT2D eigenvalue weighted by Crippen LogP contribution is 2.69. The maximum atomic E-state index is 15.0. The van der Waals surface area contributed by atoms with E-state index >= 15 is 4.39 Å². The largest absolute Gasteiger partial charge is 0.403 e. The Kier molecular flexibility index (Phi) is 16.8. The van der Waals surface area contributed by atoms with Crippen LogP contribution in [0.1, 0.15) is 118 Å². The van der Waals surface area contributed by atoms with Crippen molar-refractivity contribution in [3.63, 3.8) is 0 Å². The van der Waals surface area contributed by atoms with Gasteiger partial charge in [0.2, 0.25) is 41.4 Å². The van der Waals surface area contributed by atoms with E-state index in [-0.39, 0.29) is 49.7 Å². The lowest BCUT2D eigenvalue weighted by Crippen LogP contribution is -2.66. The second kappa shape index (κ2) is 21.0. The number of nitrogens with zero attached hydrogens (tertiary/aromatic N) is 3. The summed E-state index contributed by atoms with van der Waals surface area (Å²) in [5.41, 5.74) is -4.28. The Balaban J connectivity index is 1.41. The van der Waals surface area contributed by atoms with Gasteiger partial charge in [0.05, 0.1) is 6.54 Å². The van der Waals surface area contributed by atoms with Gasteiger partial charge in [-0.1, -0.05) is 50.4 Å². The van der Waals surface area contributed by atoms with E-state index in [0.717, 1.165) is 6.42 Å². The number of alkyl halides is 4. The molecule has 1 aromatic rings. The Bertz CT molecular complexity index is 2010. The minimum atomic E-state index is -4.91. The average Bonchev–Trinajstić information content (AvgIpc) is 3.60. The number of carbonyl (C=O) groups excluding carboxylic acids is 7. The molecule has 1 aromatic carbocycles. The zero-order chi connectivity index (χ0) is 49.1. The summed E-state index contributed by atoms with van der Waals surface area (Å²) in [6, 6.07) is -1.93. The van der Waals surface area contributed by atoms with Gasteiger partial charge in [0.15, 0.2) is 0 Å². The third-order valence-electron chi connectivity index (χ3n) is 13.9. The van der Waals surface area contributed by atoms with Crippen molar-refractivity contribution < 1.29 is 51.1 Å². The smallest absolute Gasteiger partial charge is 0.354 e. The van der Waals surface area contributed by atoms with Crippen LogP contribution in [0.2, 0.25) is 10.0 Å². The predicted octanol–water partition coefficient (Wildman–Crippen LogP) is 5.65. The van der Waals surface area contributed by atoms with Crippen LogP contribution < -0.4 is 21.3 Å². The van der Waals surface area contributed by atoms with E-state index in [1.807, 2.05) is 13.8 Å². The van der Waals surface area contributed by atoms with E-state index in [9.17, 15) is 46.7 Å². The molecule has 2 heterocycles. The van der Waals surface area contributed by atoms with Gasteiger partial charge in [-0.3, -0.25) is 33.6 Å². The lowest BCUT2D eigenvalue weighted by Gasteiger charge is -2.60. The van der Waals surface area contributed by atoms with E-state index in [2.05, 4.69) is 21.3 Å². The maximum absolute atomic E-state index is 15.0. The van der Waals surface area contributed by atoms with Crippen molar-refractivity contribution in [1.29, 1.82) is 0 Å². The SMILES string of the molecule is CC[C@H](NC(=O)[C@@H]1C[C@@H](F)CN1C(=O)C1(C(F)(F)F)CC2(CCC2)C1)C(=O)N(CC)[C@H]1CCCCNC(=O)C(C)(C)NC(=O)[C@H](Cc2cc(Cl)ccc2Cl)N(C)C(=O)[C@H](CC(C)C)NC1=O. The number of hydrogen-bond acceptors (Lipinski definition) is 7. The molecule has 66 heavy (non-hydrogen) atoms. The number of benzene rings is 1. The fraction of sp³-hybridized carbons (Fsp3) is 0.717. The molecular formula is C46H65Cl2F4N7O7. The van der Waals surface area contributed by atoms with Crippen LogP contribution in [0.5, 0.6) is 0 Å². The second-order valence-electron chi connectivity index (χ2n) is 19.7. The van der Waals surface area contributed by atoms with Crippen LogP contribution in [0.3, 0.4) is 0 Å². The van der Waals surface area contributed by atoms with Gasteiger partial charge < -0.3 is 36.0 Å².